The molecule has 0 atom stereocenters. The van der Waals surface area contributed by atoms with Gasteiger partial charge >= 0.3 is 0 Å². The average molecular weight is 424 g/mol. The van der Waals surface area contributed by atoms with E-state index in [2.05, 4.69) is 5.32 Å². The van der Waals surface area contributed by atoms with Crippen LogP contribution in [0.1, 0.15) is 44.9 Å². The highest BCUT2D eigenvalue weighted by molar-refractivity contribution is 6.24. The number of rotatable bonds is 7. The first-order valence-electron chi connectivity index (χ1n) is 9.61. The number of anilines is 1. The first-order valence-corrected chi connectivity index (χ1v) is 9.61. The van der Waals surface area contributed by atoms with Gasteiger partial charge in [-0.05, 0) is 38.1 Å². The number of carbonyl (C=O) groups excluding carboxylic acids is 4. The molecule has 0 saturated carbocycles. The SMILES string of the molecule is CCN(CC)C(=O)c1cccc(NC(=O)CN2C(=O)c3cccc([N+](=O)[O-])c3C2=O)c1. The molecule has 2 aromatic rings. The Morgan fingerprint density at radius 3 is 2.39 bits per heavy atom. The smallest absolute Gasteiger partial charge is 0.282 e. The number of fused-ring (bicyclic) bond motifs is 1. The summed E-state index contributed by atoms with van der Waals surface area (Å²) in [6.07, 6.45) is 0. The summed E-state index contributed by atoms with van der Waals surface area (Å²) in [6, 6.07) is 10.1. The number of amides is 4. The van der Waals surface area contributed by atoms with Crippen LogP contribution < -0.4 is 5.32 Å². The van der Waals surface area contributed by atoms with Crippen molar-refractivity contribution in [3.05, 3.63) is 69.3 Å². The van der Waals surface area contributed by atoms with Crippen LogP contribution >= 0.6 is 0 Å². The fourth-order valence-corrected chi connectivity index (χ4v) is 3.38. The van der Waals surface area contributed by atoms with Gasteiger partial charge in [0.15, 0.2) is 0 Å². The molecule has 4 amide bonds. The number of carbonyl (C=O) groups is 4. The maximum absolute atomic E-state index is 12.6. The Morgan fingerprint density at radius 2 is 1.74 bits per heavy atom. The second-order valence-corrected chi connectivity index (χ2v) is 6.76. The highest BCUT2D eigenvalue weighted by atomic mass is 16.6. The molecular formula is C21H20N4O6. The van der Waals surface area contributed by atoms with Crippen molar-refractivity contribution in [2.24, 2.45) is 0 Å². The predicted octanol–water partition coefficient (Wildman–Crippen LogP) is 2.31. The van der Waals surface area contributed by atoms with Gasteiger partial charge in [0.2, 0.25) is 5.91 Å². The Kier molecular flexibility index (Phi) is 6.10. The number of nitro groups is 1. The van der Waals surface area contributed by atoms with E-state index in [0.717, 1.165) is 6.07 Å². The molecule has 0 aromatic heterocycles. The van der Waals surface area contributed by atoms with Gasteiger partial charge in [0.25, 0.3) is 23.4 Å². The van der Waals surface area contributed by atoms with Gasteiger partial charge in [-0.15, -0.1) is 0 Å². The molecule has 1 aliphatic rings. The second-order valence-electron chi connectivity index (χ2n) is 6.76. The van der Waals surface area contributed by atoms with Gasteiger partial charge in [0.1, 0.15) is 12.1 Å². The third-order valence-corrected chi connectivity index (χ3v) is 4.92. The highest BCUT2D eigenvalue weighted by Crippen LogP contribution is 2.30. The summed E-state index contributed by atoms with van der Waals surface area (Å²) < 4.78 is 0. The topological polar surface area (TPSA) is 130 Å². The fourth-order valence-electron chi connectivity index (χ4n) is 3.38. The molecule has 2 aromatic carbocycles. The van der Waals surface area contributed by atoms with Gasteiger partial charge in [-0.25, -0.2) is 0 Å². The van der Waals surface area contributed by atoms with Crippen LogP contribution in [0.2, 0.25) is 0 Å². The van der Waals surface area contributed by atoms with Crippen molar-refractivity contribution in [1.82, 2.24) is 9.80 Å². The first-order chi connectivity index (χ1) is 14.8. The first kappa shape index (κ1) is 21.6. The van der Waals surface area contributed by atoms with Crippen molar-refractivity contribution in [2.45, 2.75) is 13.8 Å². The van der Waals surface area contributed by atoms with Crippen LogP contribution in [0.15, 0.2) is 42.5 Å². The number of benzene rings is 2. The molecule has 31 heavy (non-hydrogen) atoms. The Bertz CT molecular complexity index is 1090. The number of hydrogen-bond acceptors (Lipinski definition) is 6. The molecule has 0 unspecified atom stereocenters. The van der Waals surface area contributed by atoms with E-state index in [4.69, 9.17) is 0 Å². The lowest BCUT2D eigenvalue weighted by Crippen LogP contribution is -2.37. The predicted molar refractivity (Wildman–Crippen MR) is 111 cm³/mol. The molecule has 10 nitrogen and oxygen atoms in total. The van der Waals surface area contributed by atoms with E-state index in [1.807, 2.05) is 13.8 Å². The Labute approximate surface area is 177 Å². The van der Waals surface area contributed by atoms with E-state index < -0.39 is 34.9 Å². The van der Waals surface area contributed by atoms with Crippen LogP contribution in [0, 0.1) is 10.1 Å². The van der Waals surface area contributed by atoms with E-state index in [1.54, 1.807) is 23.1 Å². The number of nitrogens with zero attached hydrogens (tertiary/aromatic N) is 3. The normalized spacial score (nSPS) is 12.5. The van der Waals surface area contributed by atoms with E-state index in [1.165, 1.54) is 18.2 Å². The fraction of sp³-hybridized carbons (Fsp3) is 0.238. The Hall–Kier alpha value is -4.08. The van der Waals surface area contributed by atoms with Crippen LogP contribution in [0.4, 0.5) is 11.4 Å². The molecule has 10 heteroatoms. The molecule has 0 aliphatic carbocycles. The lowest BCUT2D eigenvalue weighted by atomic mass is 10.1. The summed E-state index contributed by atoms with van der Waals surface area (Å²) in [5, 5.41) is 13.7. The van der Waals surface area contributed by atoms with Gasteiger partial charge in [0, 0.05) is 30.4 Å². The largest absolute Gasteiger partial charge is 0.339 e. The number of nitro benzene ring substituents is 1. The summed E-state index contributed by atoms with van der Waals surface area (Å²) >= 11 is 0. The molecule has 160 valence electrons. The third kappa shape index (κ3) is 4.13. The highest BCUT2D eigenvalue weighted by Gasteiger charge is 2.41. The maximum atomic E-state index is 12.6. The van der Waals surface area contributed by atoms with Gasteiger partial charge in [-0.2, -0.15) is 0 Å². The van der Waals surface area contributed by atoms with Crippen LogP contribution in [-0.4, -0.2) is 58.0 Å². The van der Waals surface area contributed by atoms with Gasteiger partial charge in [-0.3, -0.25) is 34.2 Å². The zero-order valence-corrected chi connectivity index (χ0v) is 17.0. The van der Waals surface area contributed by atoms with Crippen molar-refractivity contribution >= 4 is 35.0 Å². The molecule has 0 bridgehead atoms. The minimum Gasteiger partial charge on any atom is -0.339 e. The minimum absolute atomic E-state index is 0.112. The summed E-state index contributed by atoms with van der Waals surface area (Å²) in [5.74, 6) is -2.53. The molecule has 1 aliphatic heterocycles. The molecule has 3 rings (SSSR count). The molecule has 0 fully saturated rings. The molecule has 0 saturated heterocycles. The van der Waals surface area contributed by atoms with Crippen LogP contribution in [0.3, 0.4) is 0 Å². The van der Waals surface area contributed by atoms with Crippen molar-refractivity contribution in [3.8, 4) is 0 Å². The molecule has 0 spiro atoms. The Morgan fingerprint density at radius 1 is 1.06 bits per heavy atom. The monoisotopic (exact) mass is 424 g/mol. The minimum atomic E-state index is -0.895. The van der Waals surface area contributed by atoms with E-state index in [9.17, 15) is 29.3 Å². The maximum Gasteiger partial charge on any atom is 0.282 e. The van der Waals surface area contributed by atoms with Gasteiger partial charge < -0.3 is 10.2 Å². The summed E-state index contributed by atoms with van der Waals surface area (Å²) in [7, 11) is 0. The van der Waals surface area contributed by atoms with Gasteiger partial charge in [0.05, 0.1) is 10.5 Å². The Balaban J connectivity index is 1.75. The van der Waals surface area contributed by atoms with Gasteiger partial charge in [-0.1, -0.05) is 12.1 Å². The summed E-state index contributed by atoms with van der Waals surface area (Å²) in [5.41, 5.74) is -0.208. The zero-order chi connectivity index (χ0) is 22.7. The van der Waals surface area contributed by atoms with Crippen molar-refractivity contribution < 1.29 is 24.1 Å². The van der Waals surface area contributed by atoms with Crippen LogP contribution in [0.25, 0.3) is 0 Å². The summed E-state index contributed by atoms with van der Waals surface area (Å²) in [6.45, 7) is 4.19. The van der Waals surface area contributed by atoms with Crippen molar-refractivity contribution in [2.75, 3.05) is 25.0 Å². The zero-order valence-electron chi connectivity index (χ0n) is 17.0. The number of nitrogens with one attached hydrogen (secondary N) is 1. The van der Waals surface area contributed by atoms with E-state index >= 15 is 0 Å². The van der Waals surface area contributed by atoms with E-state index in [-0.39, 0.29) is 17.0 Å². The van der Waals surface area contributed by atoms with E-state index in [0.29, 0.717) is 29.2 Å². The lowest BCUT2D eigenvalue weighted by molar-refractivity contribution is -0.385. The van der Waals surface area contributed by atoms with Crippen LogP contribution in [-0.2, 0) is 4.79 Å². The van der Waals surface area contributed by atoms with Crippen LogP contribution in [0.5, 0.6) is 0 Å². The molecular weight excluding hydrogens is 404 g/mol. The lowest BCUT2D eigenvalue weighted by Gasteiger charge is -2.19. The standard InChI is InChI=1S/C21H20N4O6/c1-3-23(4-2)19(27)13-7-5-8-14(11-13)22-17(26)12-24-20(28)15-9-6-10-16(25(30)31)18(15)21(24)29/h5-11H,3-4,12H2,1-2H3,(H,22,26). The molecule has 0 radical (unpaired) electrons. The number of imide groups is 1. The quantitative estimate of drug-likeness (QED) is 0.412. The average Bonchev–Trinajstić information content (AvgIpc) is 2.99. The number of hydrogen-bond donors (Lipinski definition) is 1. The summed E-state index contributed by atoms with van der Waals surface area (Å²) in [4.78, 5) is 62.8. The third-order valence-electron chi connectivity index (χ3n) is 4.92. The molecule has 1 heterocycles. The van der Waals surface area contributed by atoms with Crippen molar-refractivity contribution in [3.63, 3.8) is 0 Å². The second kappa shape index (κ2) is 8.74. The van der Waals surface area contributed by atoms with Crippen molar-refractivity contribution in [1.29, 1.82) is 0 Å². The molecule has 1 N–H and O–H groups in total.